The average molecular weight is 443 g/mol. The van der Waals surface area contributed by atoms with E-state index in [0.717, 1.165) is 10.9 Å². The molecule has 0 aliphatic rings. The fourth-order valence-electron chi connectivity index (χ4n) is 1.46. The Morgan fingerprint density at radius 1 is 1.41 bits per heavy atom. The third-order valence-corrected chi connectivity index (χ3v) is 2.12. The summed E-state index contributed by atoms with van der Waals surface area (Å²) in [5, 5.41) is 3.19. The molecule has 0 unspecified atom stereocenters. The number of rotatable bonds is 1. The van der Waals surface area contributed by atoms with Gasteiger partial charge in [0.25, 0.3) is 0 Å². The van der Waals surface area contributed by atoms with Gasteiger partial charge >= 0.3 is 5.63 Å². The van der Waals surface area contributed by atoms with Gasteiger partial charge in [0.05, 0.1) is 0 Å². The Balaban J connectivity index is 0.00000144. The first-order chi connectivity index (χ1) is 7.56. The second kappa shape index (κ2) is 5.79. The van der Waals surface area contributed by atoms with Crippen LogP contribution in [0.2, 0.25) is 0 Å². The van der Waals surface area contributed by atoms with Crippen LogP contribution in [-0.2, 0) is 4.79 Å². The molecule has 85 valence electrons. The summed E-state index contributed by atoms with van der Waals surface area (Å²) in [6.07, 6.45) is 0. The Bertz CT molecular complexity index is 619. The maximum Gasteiger partial charge on any atom is 0.348 e. The summed E-state index contributed by atoms with van der Waals surface area (Å²) in [5.41, 5.74) is 1.00. The molecule has 1 aromatic heterocycles. The molecule has 0 aliphatic heterocycles. The molecule has 1 heterocycles. The van der Waals surface area contributed by atoms with Gasteiger partial charge in [-0.3, -0.25) is 4.79 Å². The topological polar surface area (TPSA) is 59.3 Å². The average Bonchev–Trinajstić information content (AvgIpc) is 2.19. The van der Waals surface area contributed by atoms with Crippen LogP contribution in [0.4, 0.5) is 5.69 Å². The van der Waals surface area contributed by atoms with Gasteiger partial charge in [-0.1, -0.05) is 12.3 Å². The van der Waals surface area contributed by atoms with Crippen LogP contribution in [0.25, 0.3) is 11.0 Å². The Morgan fingerprint density at radius 3 is 2.76 bits per heavy atom. The van der Waals surface area contributed by atoms with Gasteiger partial charge in [0.15, 0.2) is 0 Å². The summed E-state index contributed by atoms with van der Waals surface area (Å²) in [4.78, 5) is 22.3. The van der Waals surface area contributed by atoms with Gasteiger partial charge in [0, 0.05) is 56.6 Å². The third kappa shape index (κ3) is 3.40. The molecule has 2 aromatic rings. The van der Waals surface area contributed by atoms with Crippen molar-refractivity contribution >= 4 is 22.6 Å². The molecule has 0 spiro atoms. The predicted octanol–water partition coefficient (Wildman–Crippen LogP) is 1.86. The van der Waals surface area contributed by atoms with Crippen molar-refractivity contribution in [3.63, 3.8) is 0 Å². The van der Waals surface area contributed by atoms with Gasteiger partial charge in [-0.15, -0.1) is 6.07 Å². The van der Waals surface area contributed by atoms with E-state index in [9.17, 15) is 9.59 Å². The standard InChI is InChI=1S/C12H10NO3.Ac/c1-7-3-4-11-9(5-7)6-10(12(15)16-11)13-8(2)14;/h4-6H,1-2H3,(H,13,14);/q-1;. The quantitative estimate of drug-likeness (QED) is 0.541. The Labute approximate surface area is 134 Å². The zero-order valence-electron chi connectivity index (χ0n) is 9.53. The molecule has 0 saturated heterocycles. The van der Waals surface area contributed by atoms with Crippen LogP contribution in [0.3, 0.4) is 0 Å². The first-order valence-corrected chi connectivity index (χ1v) is 4.80. The molecule has 0 aliphatic carbocycles. The maximum absolute atomic E-state index is 11.5. The third-order valence-electron chi connectivity index (χ3n) is 2.12. The first-order valence-electron chi connectivity index (χ1n) is 4.80. The summed E-state index contributed by atoms with van der Waals surface area (Å²) >= 11 is 0. The first kappa shape index (κ1) is 14.4. The van der Waals surface area contributed by atoms with Crippen LogP contribution in [0, 0.1) is 57.1 Å². The second-order valence-electron chi connectivity index (χ2n) is 3.56. The van der Waals surface area contributed by atoms with Crippen LogP contribution in [0.15, 0.2) is 27.4 Å². The molecule has 1 N–H and O–H groups in total. The number of benzene rings is 1. The Kier molecular flexibility index (Phi) is 4.91. The Hall–Kier alpha value is -0.658. The SMILES string of the molecule is CC(=O)Nc1cc2cc(C)[c-]cc2oc1=O.[Ac]. The number of hydrogen-bond donors (Lipinski definition) is 1. The summed E-state index contributed by atoms with van der Waals surface area (Å²) in [7, 11) is 0. The molecule has 1 radical (unpaired) electrons. The minimum absolute atomic E-state index is 0. The molecule has 0 bridgehead atoms. The van der Waals surface area contributed by atoms with Crippen molar-refractivity contribution in [3.05, 3.63) is 40.2 Å². The fourth-order valence-corrected chi connectivity index (χ4v) is 1.46. The van der Waals surface area contributed by atoms with E-state index in [1.165, 1.54) is 6.92 Å². The molecule has 1 amide bonds. The largest absolute Gasteiger partial charge is 0.485 e. The minimum Gasteiger partial charge on any atom is -0.485 e. The van der Waals surface area contributed by atoms with Gasteiger partial charge < -0.3 is 9.73 Å². The van der Waals surface area contributed by atoms with E-state index in [-0.39, 0.29) is 55.7 Å². The number of carbonyl (C=O) groups excluding carboxylic acids is 1. The van der Waals surface area contributed by atoms with Crippen LogP contribution >= 0.6 is 0 Å². The minimum atomic E-state index is -0.556. The van der Waals surface area contributed by atoms with Gasteiger partial charge in [0.2, 0.25) is 5.91 Å². The molecule has 0 atom stereocenters. The van der Waals surface area contributed by atoms with E-state index in [1.54, 1.807) is 12.1 Å². The molecule has 17 heavy (non-hydrogen) atoms. The summed E-state index contributed by atoms with van der Waals surface area (Å²) < 4.78 is 5.05. The molecule has 0 fully saturated rings. The maximum atomic E-state index is 11.5. The Morgan fingerprint density at radius 2 is 2.12 bits per heavy atom. The van der Waals surface area contributed by atoms with Gasteiger partial charge in [-0.2, -0.15) is 17.7 Å². The number of hydrogen-bond acceptors (Lipinski definition) is 3. The van der Waals surface area contributed by atoms with Crippen LogP contribution in [-0.4, -0.2) is 5.91 Å². The van der Waals surface area contributed by atoms with Crippen LogP contribution < -0.4 is 10.9 Å². The van der Waals surface area contributed by atoms with E-state index in [0.29, 0.717) is 5.58 Å². The molecule has 5 heteroatoms. The molecule has 0 saturated carbocycles. The number of aryl methyl sites for hydroxylation is 1. The summed E-state index contributed by atoms with van der Waals surface area (Å²) in [6, 6.07) is 7.99. The van der Waals surface area contributed by atoms with E-state index in [4.69, 9.17) is 4.42 Å². The number of carbonyl (C=O) groups is 1. The van der Waals surface area contributed by atoms with Crippen LogP contribution in [0.5, 0.6) is 0 Å². The predicted molar refractivity (Wildman–Crippen MR) is 60.4 cm³/mol. The zero-order chi connectivity index (χ0) is 11.7. The zero-order valence-corrected chi connectivity index (χ0v) is 14.3. The van der Waals surface area contributed by atoms with Crippen molar-refractivity contribution in [2.75, 3.05) is 5.32 Å². The number of anilines is 1. The van der Waals surface area contributed by atoms with Gasteiger partial charge in [-0.25, -0.2) is 4.79 Å². The van der Waals surface area contributed by atoms with E-state index in [2.05, 4.69) is 11.4 Å². The summed E-state index contributed by atoms with van der Waals surface area (Å²) in [6.45, 7) is 3.23. The van der Waals surface area contributed by atoms with Crippen molar-refractivity contribution in [3.8, 4) is 0 Å². The van der Waals surface area contributed by atoms with Crippen LogP contribution in [0.1, 0.15) is 12.5 Å². The van der Waals surface area contributed by atoms with Crippen molar-refractivity contribution in [2.24, 2.45) is 0 Å². The number of amides is 1. The number of nitrogens with one attached hydrogen (secondary N) is 1. The van der Waals surface area contributed by atoms with E-state index in [1.807, 2.05) is 13.0 Å². The molecule has 2 rings (SSSR count). The van der Waals surface area contributed by atoms with Gasteiger partial charge in [-0.05, 0) is 6.07 Å². The van der Waals surface area contributed by atoms with Crippen molar-refractivity contribution in [1.29, 1.82) is 0 Å². The monoisotopic (exact) mass is 443 g/mol. The second-order valence-corrected chi connectivity index (χ2v) is 3.56. The van der Waals surface area contributed by atoms with E-state index >= 15 is 0 Å². The van der Waals surface area contributed by atoms with Crippen molar-refractivity contribution in [2.45, 2.75) is 13.8 Å². The van der Waals surface area contributed by atoms with Gasteiger partial charge in [0.1, 0.15) is 5.69 Å². The van der Waals surface area contributed by atoms with Crippen molar-refractivity contribution in [1.82, 2.24) is 0 Å². The normalized spacial score (nSPS) is 9.76. The van der Waals surface area contributed by atoms with E-state index < -0.39 is 5.63 Å². The van der Waals surface area contributed by atoms with Crippen molar-refractivity contribution < 1.29 is 53.3 Å². The number of fused-ring (bicyclic) bond motifs is 1. The molecular weight excluding hydrogens is 433 g/mol. The molecule has 4 nitrogen and oxygen atoms in total. The smallest absolute Gasteiger partial charge is 0.348 e. The molecular formula is C12H10AcNO3-. The fraction of sp³-hybridized carbons (Fsp3) is 0.167. The molecule has 1 aromatic carbocycles. The summed E-state index contributed by atoms with van der Waals surface area (Å²) in [5.74, 6) is -0.300.